The van der Waals surface area contributed by atoms with E-state index in [9.17, 15) is 9.59 Å². The Morgan fingerprint density at radius 3 is 2.82 bits per heavy atom. The van der Waals surface area contributed by atoms with E-state index in [1.807, 2.05) is 4.90 Å². The van der Waals surface area contributed by atoms with Crippen LogP contribution in [0.5, 0.6) is 0 Å². The van der Waals surface area contributed by atoms with Crippen LogP contribution in [0.3, 0.4) is 0 Å². The number of aryl methyl sites for hydroxylation is 1. The number of ether oxygens (including phenoxy) is 1. The number of anilines is 1. The van der Waals surface area contributed by atoms with Gasteiger partial charge in [-0.05, 0) is 36.8 Å². The number of carbonyl (C=O) groups is 2. The van der Waals surface area contributed by atoms with Crippen LogP contribution in [0.25, 0.3) is 0 Å². The molecule has 1 atom stereocenters. The lowest BCUT2D eigenvalue weighted by Gasteiger charge is -2.28. The van der Waals surface area contributed by atoms with Crippen molar-refractivity contribution in [2.45, 2.75) is 32.6 Å². The number of morpholine rings is 1. The molecule has 28 heavy (non-hydrogen) atoms. The molecule has 2 aliphatic rings. The third-order valence-corrected chi connectivity index (χ3v) is 6.91. The summed E-state index contributed by atoms with van der Waals surface area (Å²) in [7, 11) is 1.74. The summed E-state index contributed by atoms with van der Waals surface area (Å²) in [6, 6.07) is 1.68. The zero-order valence-corrected chi connectivity index (χ0v) is 17.2. The molecular formula is C20H26N4O3S. The Morgan fingerprint density at radius 2 is 2.14 bits per heavy atom. The first kappa shape index (κ1) is 19.1. The molecule has 0 aromatic carbocycles. The van der Waals surface area contributed by atoms with Gasteiger partial charge in [-0.15, -0.1) is 11.3 Å². The molecule has 1 fully saturated rings. The van der Waals surface area contributed by atoms with Crippen molar-refractivity contribution in [2.24, 2.45) is 13.0 Å². The Balaban J connectivity index is 1.68. The summed E-state index contributed by atoms with van der Waals surface area (Å²) in [4.78, 5) is 29.2. The zero-order chi connectivity index (χ0) is 19.7. The monoisotopic (exact) mass is 402 g/mol. The lowest BCUT2D eigenvalue weighted by molar-refractivity contribution is 0.0303. The third-order valence-electron chi connectivity index (χ3n) is 5.74. The maximum Gasteiger partial charge on any atom is 0.274 e. The molecule has 0 radical (unpaired) electrons. The molecular weight excluding hydrogens is 376 g/mol. The topological polar surface area (TPSA) is 76.5 Å². The van der Waals surface area contributed by atoms with Gasteiger partial charge in [0.2, 0.25) is 0 Å². The molecule has 2 aromatic heterocycles. The largest absolute Gasteiger partial charge is 0.378 e. The molecule has 1 N–H and O–H groups in total. The molecule has 2 aromatic rings. The molecule has 8 heteroatoms. The average molecular weight is 403 g/mol. The van der Waals surface area contributed by atoms with E-state index in [1.54, 1.807) is 35.3 Å². The number of aromatic nitrogens is 2. The van der Waals surface area contributed by atoms with Gasteiger partial charge >= 0.3 is 0 Å². The van der Waals surface area contributed by atoms with E-state index in [2.05, 4.69) is 17.3 Å². The SMILES string of the molecule is CC[C@H]1CCc2c(sc(NC(=O)c3ccnn3C)c2C(=O)N2CCOCC2)C1. The number of carbonyl (C=O) groups excluding carboxylic acids is 2. The van der Waals surface area contributed by atoms with Crippen LogP contribution in [-0.4, -0.2) is 52.8 Å². The second-order valence-electron chi connectivity index (χ2n) is 7.42. The number of hydrogen-bond donors (Lipinski definition) is 1. The molecule has 0 bridgehead atoms. The van der Waals surface area contributed by atoms with Crippen LogP contribution >= 0.6 is 11.3 Å². The van der Waals surface area contributed by atoms with Crippen LogP contribution in [0, 0.1) is 5.92 Å². The number of rotatable bonds is 4. The standard InChI is InChI=1S/C20H26N4O3S/c1-3-13-4-5-14-16(12-13)28-19(22-18(25)15-6-7-21-23(15)2)17(14)20(26)24-8-10-27-11-9-24/h6-7,13H,3-5,8-12H2,1-2H3,(H,22,25)/t13-/m0/s1. The van der Waals surface area contributed by atoms with E-state index in [1.165, 1.54) is 4.88 Å². The van der Waals surface area contributed by atoms with Crippen LogP contribution in [-0.2, 0) is 24.6 Å². The number of nitrogens with zero attached hydrogens (tertiary/aromatic N) is 3. The Hall–Kier alpha value is -2.19. The number of fused-ring (bicyclic) bond motifs is 1. The summed E-state index contributed by atoms with van der Waals surface area (Å²) >= 11 is 1.56. The summed E-state index contributed by atoms with van der Waals surface area (Å²) in [5, 5.41) is 7.74. The van der Waals surface area contributed by atoms with Gasteiger partial charge < -0.3 is 15.0 Å². The summed E-state index contributed by atoms with van der Waals surface area (Å²) in [5.74, 6) is 0.427. The number of thiophene rings is 1. The highest BCUT2D eigenvalue weighted by molar-refractivity contribution is 7.17. The minimum absolute atomic E-state index is 0.0102. The van der Waals surface area contributed by atoms with Crippen molar-refractivity contribution >= 4 is 28.2 Å². The second-order valence-corrected chi connectivity index (χ2v) is 8.53. The highest BCUT2D eigenvalue weighted by Gasteiger charge is 2.32. The van der Waals surface area contributed by atoms with Crippen LogP contribution < -0.4 is 5.32 Å². The molecule has 1 aliphatic heterocycles. The predicted molar refractivity (Wildman–Crippen MR) is 108 cm³/mol. The zero-order valence-electron chi connectivity index (χ0n) is 16.4. The van der Waals surface area contributed by atoms with Crippen molar-refractivity contribution in [3.63, 3.8) is 0 Å². The smallest absolute Gasteiger partial charge is 0.274 e. The quantitative estimate of drug-likeness (QED) is 0.853. The van der Waals surface area contributed by atoms with Crippen LogP contribution in [0.2, 0.25) is 0 Å². The molecule has 2 amide bonds. The summed E-state index contributed by atoms with van der Waals surface area (Å²) in [5.41, 5.74) is 2.29. The fourth-order valence-corrected chi connectivity index (χ4v) is 5.35. The van der Waals surface area contributed by atoms with Crippen molar-refractivity contribution in [1.29, 1.82) is 0 Å². The molecule has 0 unspecified atom stereocenters. The van der Waals surface area contributed by atoms with Crippen molar-refractivity contribution < 1.29 is 14.3 Å². The van der Waals surface area contributed by atoms with E-state index < -0.39 is 0 Å². The van der Waals surface area contributed by atoms with Crippen molar-refractivity contribution in [3.05, 3.63) is 34.0 Å². The van der Waals surface area contributed by atoms with Gasteiger partial charge in [-0.3, -0.25) is 14.3 Å². The number of amides is 2. The Kier molecular flexibility index (Phi) is 5.50. The molecule has 1 aliphatic carbocycles. The highest BCUT2D eigenvalue weighted by Crippen LogP contribution is 2.41. The second kappa shape index (κ2) is 8.05. The Labute approximate surface area is 168 Å². The van der Waals surface area contributed by atoms with Gasteiger partial charge in [-0.25, -0.2) is 0 Å². The van der Waals surface area contributed by atoms with Crippen molar-refractivity contribution in [1.82, 2.24) is 14.7 Å². The van der Waals surface area contributed by atoms with Crippen LogP contribution in [0.15, 0.2) is 12.3 Å². The number of nitrogens with one attached hydrogen (secondary N) is 1. The maximum absolute atomic E-state index is 13.3. The van der Waals surface area contributed by atoms with Gasteiger partial charge in [0, 0.05) is 31.2 Å². The van der Waals surface area contributed by atoms with E-state index in [-0.39, 0.29) is 11.8 Å². The Bertz CT molecular complexity index is 882. The first-order valence-corrected chi connectivity index (χ1v) is 10.7. The lowest BCUT2D eigenvalue weighted by Crippen LogP contribution is -2.41. The molecule has 1 saturated heterocycles. The van der Waals surface area contributed by atoms with Gasteiger partial charge in [0.25, 0.3) is 11.8 Å². The first-order chi connectivity index (χ1) is 13.6. The van der Waals surface area contributed by atoms with Gasteiger partial charge in [0.05, 0.1) is 18.8 Å². The number of hydrogen-bond acceptors (Lipinski definition) is 5. The fraction of sp³-hybridized carbons (Fsp3) is 0.550. The van der Waals surface area contributed by atoms with E-state index in [0.29, 0.717) is 48.5 Å². The minimum atomic E-state index is -0.235. The van der Waals surface area contributed by atoms with Crippen LogP contribution in [0.1, 0.15) is 51.1 Å². The van der Waals surface area contributed by atoms with E-state index in [0.717, 1.165) is 31.2 Å². The Morgan fingerprint density at radius 1 is 1.36 bits per heavy atom. The summed E-state index contributed by atoms with van der Waals surface area (Å²) in [6.45, 7) is 4.53. The van der Waals surface area contributed by atoms with Gasteiger partial charge in [-0.2, -0.15) is 5.10 Å². The van der Waals surface area contributed by atoms with Gasteiger partial charge in [0.1, 0.15) is 10.7 Å². The molecule has 7 nitrogen and oxygen atoms in total. The van der Waals surface area contributed by atoms with E-state index >= 15 is 0 Å². The predicted octanol–water partition coefficient (Wildman–Crippen LogP) is 2.72. The lowest BCUT2D eigenvalue weighted by atomic mass is 9.85. The molecule has 0 spiro atoms. The summed E-state index contributed by atoms with van der Waals surface area (Å²) in [6.07, 6.45) is 5.72. The molecule has 0 saturated carbocycles. The normalized spacial score (nSPS) is 19.4. The van der Waals surface area contributed by atoms with Crippen LogP contribution in [0.4, 0.5) is 5.00 Å². The highest BCUT2D eigenvalue weighted by atomic mass is 32.1. The molecule has 4 rings (SSSR count). The van der Waals surface area contributed by atoms with Crippen molar-refractivity contribution in [2.75, 3.05) is 31.6 Å². The maximum atomic E-state index is 13.3. The van der Waals surface area contributed by atoms with Crippen molar-refractivity contribution in [3.8, 4) is 0 Å². The first-order valence-electron chi connectivity index (χ1n) is 9.89. The minimum Gasteiger partial charge on any atom is -0.378 e. The third kappa shape index (κ3) is 3.58. The van der Waals surface area contributed by atoms with E-state index in [4.69, 9.17) is 4.74 Å². The van der Waals surface area contributed by atoms with Gasteiger partial charge in [0.15, 0.2) is 0 Å². The molecule has 3 heterocycles. The molecule has 150 valence electrons. The fourth-order valence-electron chi connectivity index (χ4n) is 4.01. The van der Waals surface area contributed by atoms with Gasteiger partial charge in [-0.1, -0.05) is 13.3 Å². The average Bonchev–Trinajstić information content (AvgIpc) is 3.30. The summed E-state index contributed by atoms with van der Waals surface area (Å²) < 4.78 is 6.94.